The second-order valence-corrected chi connectivity index (χ2v) is 9.48. The second-order valence-electron chi connectivity index (χ2n) is 9.48. The monoisotopic (exact) mass is 360 g/mol. The highest BCUT2D eigenvalue weighted by atomic mass is 16.5. The van der Waals surface area contributed by atoms with Crippen molar-refractivity contribution < 1.29 is 14.2 Å². The molecule has 3 rings (SSSR count). The maximum Gasteiger partial charge on any atom is 0.164 e. The predicted octanol–water partition coefficient (Wildman–Crippen LogP) is 6.10. The van der Waals surface area contributed by atoms with Gasteiger partial charge in [0.05, 0.1) is 14.2 Å². The maximum atomic E-state index is 6.54. The molecular formula is C23H36O3. The van der Waals surface area contributed by atoms with Crippen LogP contribution in [0.15, 0.2) is 18.2 Å². The summed E-state index contributed by atoms with van der Waals surface area (Å²) in [5.74, 6) is 3.73. The molecule has 0 aliphatic heterocycles. The van der Waals surface area contributed by atoms with Crippen LogP contribution in [0.5, 0.6) is 17.2 Å². The fourth-order valence-electron chi connectivity index (χ4n) is 5.72. The summed E-state index contributed by atoms with van der Waals surface area (Å²) in [5.41, 5.74) is 0.832. The predicted molar refractivity (Wildman–Crippen MR) is 106 cm³/mol. The van der Waals surface area contributed by atoms with E-state index >= 15 is 0 Å². The number of benzene rings is 1. The van der Waals surface area contributed by atoms with Gasteiger partial charge < -0.3 is 14.2 Å². The number of ether oxygens (including phenoxy) is 3. The van der Waals surface area contributed by atoms with Gasteiger partial charge in [0.15, 0.2) is 11.5 Å². The van der Waals surface area contributed by atoms with Crippen LogP contribution in [0.1, 0.15) is 66.2 Å². The second kappa shape index (κ2) is 7.32. The van der Waals surface area contributed by atoms with E-state index in [-0.39, 0.29) is 6.10 Å². The Morgan fingerprint density at radius 3 is 2.38 bits per heavy atom. The quantitative estimate of drug-likeness (QED) is 0.649. The minimum Gasteiger partial charge on any atom is -0.493 e. The molecule has 3 nitrogen and oxygen atoms in total. The first-order valence-corrected chi connectivity index (χ1v) is 10.2. The Morgan fingerprint density at radius 2 is 1.69 bits per heavy atom. The van der Waals surface area contributed by atoms with Crippen LogP contribution in [0.2, 0.25) is 0 Å². The zero-order valence-electron chi connectivity index (χ0n) is 17.4. The standard InChI is InChI=1S/C23H36O3/c1-16-8-11-21-22(2,3)12-7-13-23(21,4)15-20(16)26-17-9-10-18(24-5)19(14-17)25-6/h9-10,14,16,20-21H,7-8,11-13,15H2,1-6H3/t16-,20?,21?,23?/m1/s1. The lowest BCUT2D eigenvalue weighted by Gasteiger charge is -2.51. The molecular weight excluding hydrogens is 324 g/mol. The van der Waals surface area contributed by atoms with Gasteiger partial charge in [-0.2, -0.15) is 0 Å². The largest absolute Gasteiger partial charge is 0.493 e. The molecule has 2 saturated carbocycles. The molecule has 0 N–H and O–H groups in total. The van der Waals surface area contributed by atoms with Gasteiger partial charge in [0, 0.05) is 6.07 Å². The molecule has 0 spiro atoms. The molecule has 3 heteroatoms. The smallest absolute Gasteiger partial charge is 0.164 e. The van der Waals surface area contributed by atoms with Gasteiger partial charge in [-0.1, -0.05) is 34.1 Å². The summed E-state index contributed by atoms with van der Waals surface area (Å²) < 4.78 is 17.3. The van der Waals surface area contributed by atoms with Crippen LogP contribution in [0, 0.1) is 22.7 Å². The van der Waals surface area contributed by atoms with Crippen LogP contribution in [0.25, 0.3) is 0 Å². The highest BCUT2D eigenvalue weighted by Crippen LogP contribution is 2.57. The van der Waals surface area contributed by atoms with E-state index in [0.29, 0.717) is 16.7 Å². The molecule has 0 saturated heterocycles. The minimum absolute atomic E-state index is 0.261. The average molecular weight is 361 g/mol. The van der Waals surface area contributed by atoms with Crippen molar-refractivity contribution in [3.05, 3.63) is 18.2 Å². The molecule has 0 bridgehead atoms. The fourth-order valence-corrected chi connectivity index (χ4v) is 5.72. The van der Waals surface area contributed by atoms with Gasteiger partial charge in [0.25, 0.3) is 0 Å². The van der Waals surface area contributed by atoms with Crippen molar-refractivity contribution >= 4 is 0 Å². The van der Waals surface area contributed by atoms with E-state index in [0.717, 1.165) is 29.6 Å². The number of fused-ring (bicyclic) bond motifs is 1. The highest BCUT2D eigenvalue weighted by Gasteiger charge is 2.49. The Balaban J connectivity index is 1.82. The van der Waals surface area contributed by atoms with Gasteiger partial charge in [-0.25, -0.2) is 0 Å². The lowest BCUT2D eigenvalue weighted by atomic mass is 9.54. The van der Waals surface area contributed by atoms with E-state index < -0.39 is 0 Å². The molecule has 26 heavy (non-hydrogen) atoms. The molecule has 2 fully saturated rings. The third-order valence-electron chi connectivity index (χ3n) is 7.21. The van der Waals surface area contributed by atoms with Gasteiger partial charge in [0.2, 0.25) is 0 Å². The van der Waals surface area contributed by atoms with E-state index in [2.05, 4.69) is 27.7 Å². The molecule has 0 aromatic heterocycles. The summed E-state index contributed by atoms with van der Waals surface area (Å²) in [4.78, 5) is 0. The van der Waals surface area contributed by atoms with Gasteiger partial charge >= 0.3 is 0 Å². The molecule has 1 aromatic rings. The Morgan fingerprint density at radius 1 is 0.962 bits per heavy atom. The zero-order chi connectivity index (χ0) is 18.9. The van der Waals surface area contributed by atoms with Crippen LogP contribution >= 0.6 is 0 Å². The van der Waals surface area contributed by atoms with Crippen molar-refractivity contribution in [1.29, 1.82) is 0 Å². The average Bonchev–Trinajstić information content (AvgIpc) is 2.72. The summed E-state index contributed by atoms with van der Waals surface area (Å²) in [5, 5.41) is 0. The molecule has 0 heterocycles. The van der Waals surface area contributed by atoms with E-state index in [1.165, 1.54) is 32.1 Å². The SMILES string of the molecule is COc1ccc(OC2CC3(C)CCCC(C)(C)C3CC[C@H]2C)cc1OC. The third-order valence-corrected chi connectivity index (χ3v) is 7.21. The molecule has 2 aliphatic carbocycles. The highest BCUT2D eigenvalue weighted by molar-refractivity contribution is 5.45. The topological polar surface area (TPSA) is 27.7 Å². The first-order valence-electron chi connectivity index (χ1n) is 10.2. The van der Waals surface area contributed by atoms with Crippen LogP contribution in [0.3, 0.4) is 0 Å². The van der Waals surface area contributed by atoms with E-state index in [4.69, 9.17) is 14.2 Å². The van der Waals surface area contributed by atoms with Crippen LogP contribution in [0.4, 0.5) is 0 Å². The van der Waals surface area contributed by atoms with Gasteiger partial charge in [-0.05, 0) is 66.9 Å². The van der Waals surface area contributed by atoms with Crippen molar-refractivity contribution in [1.82, 2.24) is 0 Å². The third kappa shape index (κ3) is 3.68. The normalized spacial score (nSPS) is 33.7. The number of methoxy groups -OCH3 is 2. The fraction of sp³-hybridized carbons (Fsp3) is 0.739. The van der Waals surface area contributed by atoms with Gasteiger partial charge in [-0.15, -0.1) is 0 Å². The summed E-state index contributed by atoms with van der Waals surface area (Å²) in [6.45, 7) is 9.84. The van der Waals surface area contributed by atoms with Crippen molar-refractivity contribution in [2.75, 3.05) is 14.2 Å². The Kier molecular flexibility index (Phi) is 5.46. The Labute approximate surface area is 159 Å². The lowest BCUT2D eigenvalue weighted by Crippen LogP contribution is -2.43. The van der Waals surface area contributed by atoms with Gasteiger partial charge in [0.1, 0.15) is 11.9 Å². The van der Waals surface area contributed by atoms with E-state index in [1.807, 2.05) is 18.2 Å². The molecule has 3 unspecified atom stereocenters. The number of hydrogen-bond donors (Lipinski definition) is 0. The summed E-state index contributed by atoms with van der Waals surface area (Å²) in [6.07, 6.45) is 8.03. The van der Waals surface area contributed by atoms with Crippen LogP contribution in [-0.4, -0.2) is 20.3 Å². The molecule has 146 valence electrons. The number of rotatable bonds is 4. The van der Waals surface area contributed by atoms with Gasteiger partial charge in [-0.3, -0.25) is 0 Å². The summed E-state index contributed by atoms with van der Waals surface area (Å²) >= 11 is 0. The van der Waals surface area contributed by atoms with E-state index in [9.17, 15) is 0 Å². The molecule has 2 aliphatic rings. The van der Waals surface area contributed by atoms with E-state index in [1.54, 1.807) is 14.2 Å². The summed E-state index contributed by atoms with van der Waals surface area (Å²) in [7, 11) is 3.34. The first kappa shape index (κ1) is 19.4. The summed E-state index contributed by atoms with van der Waals surface area (Å²) in [6, 6.07) is 5.90. The van der Waals surface area contributed by atoms with Crippen LogP contribution < -0.4 is 14.2 Å². The van der Waals surface area contributed by atoms with Crippen LogP contribution in [-0.2, 0) is 0 Å². The Hall–Kier alpha value is -1.38. The zero-order valence-corrected chi connectivity index (χ0v) is 17.4. The molecule has 0 radical (unpaired) electrons. The Bertz CT molecular complexity index is 624. The van der Waals surface area contributed by atoms with Crippen molar-refractivity contribution in [2.24, 2.45) is 22.7 Å². The van der Waals surface area contributed by atoms with Crippen molar-refractivity contribution in [3.8, 4) is 17.2 Å². The molecule has 4 atom stereocenters. The number of hydrogen-bond acceptors (Lipinski definition) is 3. The minimum atomic E-state index is 0.261. The maximum absolute atomic E-state index is 6.54. The lowest BCUT2D eigenvalue weighted by molar-refractivity contribution is -0.0205. The molecule has 0 amide bonds. The van der Waals surface area contributed by atoms with Crippen molar-refractivity contribution in [2.45, 2.75) is 72.3 Å². The molecule has 1 aromatic carbocycles. The van der Waals surface area contributed by atoms with Crippen molar-refractivity contribution in [3.63, 3.8) is 0 Å². The first-order chi connectivity index (χ1) is 12.3.